The molecule has 1 atom stereocenters. The van der Waals surface area contributed by atoms with Gasteiger partial charge in [-0.15, -0.1) is 0 Å². The Balaban J connectivity index is 1.35. The van der Waals surface area contributed by atoms with Crippen molar-refractivity contribution >= 4 is 77.4 Å². The molecular weight excluding hydrogens is 1010 g/mol. The number of hydrogen-bond donors (Lipinski definition) is 10. The summed E-state index contributed by atoms with van der Waals surface area (Å²) in [5, 5.41) is 74.9. The van der Waals surface area contributed by atoms with Crippen LogP contribution < -0.4 is 21.6 Å². The van der Waals surface area contributed by atoms with Crippen molar-refractivity contribution in [3.05, 3.63) is 153 Å². The van der Waals surface area contributed by atoms with Crippen molar-refractivity contribution in [1.29, 1.82) is 0 Å². The highest BCUT2D eigenvalue weighted by Gasteiger charge is 2.39. The third kappa shape index (κ3) is 14.8. The molecule has 408 valence electrons. The quantitative estimate of drug-likeness (QED) is 0.0290. The zero-order valence-corrected chi connectivity index (χ0v) is 43.2. The number of hydrogen-bond acceptors (Lipinski definition) is 16. The number of nitrogens with zero attached hydrogens (tertiary/aromatic N) is 5. The molecule has 0 radical (unpaired) electrons. The summed E-state index contributed by atoms with van der Waals surface area (Å²) in [6.07, 6.45) is 14.1. The number of amides is 3. The molecule has 78 heavy (non-hydrogen) atoms. The van der Waals surface area contributed by atoms with E-state index in [2.05, 4.69) is 22.7 Å². The summed E-state index contributed by atoms with van der Waals surface area (Å²) in [5.41, 5.74) is 9.01. The number of rotatable bonds is 25. The lowest BCUT2D eigenvalue weighted by Gasteiger charge is -2.21. The summed E-state index contributed by atoms with van der Waals surface area (Å²) in [7, 11) is -1.60. The van der Waals surface area contributed by atoms with Crippen molar-refractivity contribution in [2.75, 3.05) is 39.3 Å². The molecule has 1 aromatic rings. The van der Waals surface area contributed by atoms with Gasteiger partial charge in [0, 0.05) is 48.5 Å². The minimum absolute atomic E-state index is 0.0212. The second-order valence-corrected chi connectivity index (χ2v) is 18.5. The molecule has 0 aromatic heterocycles. The third-order valence-corrected chi connectivity index (χ3v) is 13.0. The van der Waals surface area contributed by atoms with Crippen LogP contribution in [0.15, 0.2) is 162 Å². The number of carboxylic acids is 4. The van der Waals surface area contributed by atoms with E-state index >= 15 is 0 Å². The summed E-state index contributed by atoms with van der Waals surface area (Å²) in [5.74, 6) is -7.46. The van der Waals surface area contributed by atoms with Gasteiger partial charge in [0.05, 0.1) is 46.5 Å². The molecule has 5 aliphatic heterocycles. The second-order valence-electron chi connectivity index (χ2n) is 18.5. The monoisotopic (exact) mass is 1070 g/mol. The molecule has 1 unspecified atom stereocenters. The number of hydroxylamine groups is 1. The Morgan fingerprint density at radius 1 is 0.718 bits per heavy atom. The molecule has 0 saturated carbocycles. The molecule has 5 heterocycles. The van der Waals surface area contributed by atoms with Gasteiger partial charge >= 0.3 is 31.0 Å². The number of allylic oxidation sites excluding steroid dienone is 11. The van der Waals surface area contributed by atoms with Crippen LogP contribution in [0.3, 0.4) is 0 Å². The fourth-order valence-corrected chi connectivity index (χ4v) is 8.82. The van der Waals surface area contributed by atoms with Gasteiger partial charge in [0.2, 0.25) is 17.7 Å². The van der Waals surface area contributed by atoms with Gasteiger partial charge in [-0.3, -0.25) is 43.9 Å². The van der Waals surface area contributed by atoms with E-state index in [1.54, 1.807) is 75.4 Å². The largest absolute Gasteiger partial charge is 0.488 e. The predicted octanol–water partition coefficient (Wildman–Crippen LogP) is 2.13. The molecular formula is C54H59BN8O15. The highest BCUT2D eigenvalue weighted by Crippen LogP contribution is 2.40. The van der Waals surface area contributed by atoms with Crippen LogP contribution in [-0.4, -0.2) is 156 Å². The molecule has 8 bridgehead atoms. The summed E-state index contributed by atoms with van der Waals surface area (Å²) in [6, 6.07) is 6.36. The van der Waals surface area contributed by atoms with Gasteiger partial charge < -0.3 is 56.0 Å². The Hall–Kier alpha value is -8.84. The Morgan fingerprint density at radius 3 is 1.85 bits per heavy atom. The van der Waals surface area contributed by atoms with Crippen molar-refractivity contribution < 1.29 is 74.0 Å². The van der Waals surface area contributed by atoms with Crippen molar-refractivity contribution in [3.8, 4) is 0 Å². The average molecular weight is 1070 g/mol. The first-order valence-electron chi connectivity index (χ1n) is 24.5. The fraction of sp³-hybridized carbons (Fsp3) is 0.296. The van der Waals surface area contributed by atoms with Crippen molar-refractivity contribution in [1.82, 2.24) is 25.9 Å². The lowest BCUT2D eigenvalue weighted by atomic mass is 9.26. The Kier molecular flexibility index (Phi) is 19.3. The molecule has 0 spiro atoms. The van der Waals surface area contributed by atoms with Crippen LogP contribution in [0.25, 0.3) is 6.08 Å². The highest BCUT2D eigenvalue weighted by atomic mass is 16.6. The minimum atomic E-state index is -1.70. The number of nitrogens with one attached hydrogen (secondary N) is 3. The smallest absolute Gasteiger partial charge is 0.480 e. The molecule has 5 aliphatic rings. The number of carbonyl (C=O) groups excluding carboxylic acids is 3. The molecule has 23 nitrogen and oxygen atoms in total. The van der Waals surface area contributed by atoms with Gasteiger partial charge in [-0.2, -0.15) is 0 Å². The number of aliphatic imine (C=N–C) groups is 3. The molecule has 6 rings (SSSR count). The van der Waals surface area contributed by atoms with E-state index in [0.29, 0.717) is 101 Å². The number of fused-ring (bicyclic) bond motifs is 5. The standard InChI is InChI=1S/C54H59BN8O15/c1-6-35-30(2)39-22-40-31(3)36(13-16-48(65)62(26-50(67)68)27-51(69)70)42(58-40)24-43-37(14-17-49(66)63(28-52(71)72)29-53(73)74)32(4)41(59-43)23-45-38(54(5,75)46(61-45)25-44(35)60-39)18-20-57-78-21-7-19-56-47(64)15-10-33-8-11-34(12-9-33)55(76)77/h6,8-12,15,18,20,22-25,57,61,75-77H,1,7,13-14,16-17,19,21,26-29H2,2-5H3,(H,56,64)(H,67,68)(H,69,70)(H,71,72)(H,73,74)/b15-10+,20-18+,39-22?,41-23?,42-24?,46-25?/i55-1. The number of carboxylic acid groups (broad SMARTS) is 4. The lowest BCUT2D eigenvalue weighted by molar-refractivity contribution is -0.149. The number of aliphatic hydroxyl groups is 1. The summed E-state index contributed by atoms with van der Waals surface area (Å²) in [6.45, 7) is 8.00. The van der Waals surface area contributed by atoms with Crippen LogP contribution in [0.4, 0.5) is 0 Å². The van der Waals surface area contributed by atoms with E-state index in [9.17, 15) is 69.1 Å². The number of aliphatic carboxylic acids is 4. The van der Waals surface area contributed by atoms with Crippen LogP contribution in [0, 0.1) is 0 Å². The first kappa shape index (κ1) is 58.4. The Labute approximate surface area is 448 Å². The first-order chi connectivity index (χ1) is 37.0. The molecule has 1 aromatic carbocycles. The molecule has 3 amide bonds. The van der Waals surface area contributed by atoms with Gasteiger partial charge in [0.15, 0.2) is 0 Å². The molecule has 10 N–H and O–H groups in total. The van der Waals surface area contributed by atoms with Crippen molar-refractivity contribution in [2.24, 2.45) is 15.0 Å². The van der Waals surface area contributed by atoms with E-state index in [0.717, 1.165) is 10.5 Å². The van der Waals surface area contributed by atoms with Gasteiger partial charge in [0.1, 0.15) is 31.8 Å². The zero-order chi connectivity index (χ0) is 57.0. The maximum absolute atomic E-state index is 13.5. The first-order valence-corrected chi connectivity index (χ1v) is 24.5. The topological polar surface area (TPSA) is 350 Å². The van der Waals surface area contributed by atoms with E-state index in [4.69, 9.17) is 19.8 Å². The molecule has 24 heteroatoms. The zero-order valence-electron chi connectivity index (χ0n) is 43.2. The average Bonchev–Trinajstić information content (AvgIpc) is 4.07. The number of carbonyl (C=O) groups is 7. The van der Waals surface area contributed by atoms with Crippen molar-refractivity contribution in [3.63, 3.8) is 0 Å². The number of benzene rings is 1. The summed E-state index contributed by atoms with van der Waals surface area (Å²) in [4.78, 5) is 108. The SMILES string of the molecule is C=CC1=C(C)C2=CC3=NC(=CC4=NC(=CC5=C(/C=C/NOCCCNC(=O)/C=C/c6ccc([10B](O)O)cc6)C(C)(O)C(=CC1=N2)N5)C(C)=C4CCC(=O)N(CC(=O)O)CC(=O)O)C(CCC(=O)N(CC(=O)O)CC(=O)O)=C3C. The molecule has 0 fully saturated rings. The van der Waals surface area contributed by atoms with Crippen LogP contribution in [0.2, 0.25) is 0 Å². The maximum Gasteiger partial charge on any atom is 0.488 e. The highest BCUT2D eigenvalue weighted by molar-refractivity contribution is 6.58. The predicted molar refractivity (Wildman–Crippen MR) is 287 cm³/mol. The van der Waals surface area contributed by atoms with Gasteiger partial charge in [-0.05, 0) is 122 Å². The van der Waals surface area contributed by atoms with Crippen LogP contribution in [0.1, 0.15) is 65.4 Å². The van der Waals surface area contributed by atoms with E-state index in [1.165, 1.54) is 24.4 Å². The lowest BCUT2D eigenvalue weighted by Crippen LogP contribution is -2.39. The second kappa shape index (κ2) is 25.8. The summed E-state index contributed by atoms with van der Waals surface area (Å²) >= 11 is 0. The van der Waals surface area contributed by atoms with Crippen LogP contribution in [0.5, 0.6) is 0 Å². The van der Waals surface area contributed by atoms with Gasteiger partial charge in [0.25, 0.3) is 0 Å². The Morgan fingerprint density at radius 2 is 1.27 bits per heavy atom. The maximum atomic E-state index is 13.5. The van der Waals surface area contributed by atoms with E-state index in [1.807, 2.05) is 6.92 Å². The molecule has 0 aliphatic carbocycles. The van der Waals surface area contributed by atoms with E-state index in [-0.39, 0.29) is 44.7 Å². The van der Waals surface area contributed by atoms with E-state index < -0.39 is 74.6 Å². The van der Waals surface area contributed by atoms with Crippen LogP contribution in [-0.2, 0) is 38.4 Å². The van der Waals surface area contributed by atoms with Gasteiger partial charge in [-0.25, -0.2) is 15.0 Å². The van der Waals surface area contributed by atoms with Crippen LogP contribution >= 0.6 is 0 Å². The normalized spacial score (nSPS) is 17.8. The van der Waals surface area contributed by atoms with Crippen molar-refractivity contribution in [2.45, 2.75) is 65.4 Å². The summed E-state index contributed by atoms with van der Waals surface area (Å²) < 4.78 is 0. The molecule has 0 saturated heterocycles. The minimum Gasteiger partial charge on any atom is -0.480 e. The fourth-order valence-electron chi connectivity index (χ4n) is 8.82. The van der Waals surface area contributed by atoms with Gasteiger partial charge in [-0.1, -0.05) is 36.9 Å². The third-order valence-electron chi connectivity index (χ3n) is 13.0. The Bertz CT molecular complexity index is 3090.